The van der Waals surface area contributed by atoms with Crippen molar-refractivity contribution in [3.63, 3.8) is 0 Å². The lowest BCUT2D eigenvalue weighted by Crippen LogP contribution is -2.27. The van der Waals surface area contributed by atoms with E-state index in [4.69, 9.17) is 11.6 Å². The van der Waals surface area contributed by atoms with Gasteiger partial charge in [-0.3, -0.25) is 4.79 Å². The summed E-state index contributed by atoms with van der Waals surface area (Å²) in [6.45, 7) is 0. The van der Waals surface area contributed by atoms with Gasteiger partial charge in [0.1, 0.15) is 0 Å². The summed E-state index contributed by atoms with van der Waals surface area (Å²) in [6.07, 6.45) is 1.37. The highest BCUT2D eigenvalue weighted by molar-refractivity contribution is 6.31. The lowest BCUT2D eigenvalue weighted by Gasteiger charge is -2.25. The SMILES string of the molecule is O=C(c1cccc(Cl)c1)C1/C(=N\O)CCc2ccccc21. The lowest BCUT2D eigenvalue weighted by atomic mass is 9.77. The molecule has 3 rings (SSSR count). The Morgan fingerprint density at radius 2 is 1.95 bits per heavy atom. The molecule has 0 heterocycles. The van der Waals surface area contributed by atoms with E-state index in [1.165, 1.54) is 0 Å². The molecular formula is C17H14ClNO2. The molecule has 0 spiro atoms. The average molecular weight is 300 g/mol. The summed E-state index contributed by atoms with van der Waals surface area (Å²) >= 11 is 5.97. The highest BCUT2D eigenvalue weighted by Gasteiger charge is 2.32. The van der Waals surface area contributed by atoms with Crippen molar-refractivity contribution in [3.05, 3.63) is 70.2 Å². The molecule has 106 valence electrons. The van der Waals surface area contributed by atoms with E-state index in [2.05, 4.69) is 5.16 Å². The number of Topliss-reactive ketones (excluding diaryl/α,β-unsaturated/α-hetero) is 1. The molecule has 0 amide bonds. The summed E-state index contributed by atoms with van der Waals surface area (Å²) in [5, 5.41) is 13.1. The van der Waals surface area contributed by atoms with E-state index in [1.807, 2.05) is 24.3 Å². The molecule has 4 heteroatoms. The number of rotatable bonds is 2. The summed E-state index contributed by atoms with van der Waals surface area (Å²) in [7, 11) is 0. The Balaban J connectivity index is 2.08. The minimum absolute atomic E-state index is 0.0857. The first kappa shape index (κ1) is 13.8. The topological polar surface area (TPSA) is 49.7 Å². The number of hydrogen-bond donors (Lipinski definition) is 1. The fourth-order valence-corrected chi connectivity index (χ4v) is 3.03. The standard InChI is InChI=1S/C17H14ClNO2/c18-13-6-3-5-12(10-13)17(20)16-14-7-2-1-4-11(14)8-9-15(16)19-21/h1-7,10,16,21H,8-9H2/b19-15-. The van der Waals surface area contributed by atoms with Gasteiger partial charge in [0, 0.05) is 10.6 Å². The monoisotopic (exact) mass is 299 g/mol. The molecule has 0 bridgehead atoms. The van der Waals surface area contributed by atoms with Gasteiger partial charge in [-0.2, -0.15) is 0 Å². The van der Waals surface area contributed by atoms with Gasteiger partial charge in [0.05, 0.1) is 11.6 Å². The molecule has 1 unspecified atom stereocenters. The Kier molecular flexibility index (Phi) is 3.76. The molecule has 1 aliphatic rings. The second-order valence-electron chi connectivity index (χ2n) is 5.10. The number of fused-ring (bicyclic) bond motifs is 1. The third-order valence-electron chi connectivity index (χ3n) is 3.85. The summed E-state index contributed by atoms with van der Waals surface area (Å²) < 4.78 is 0. The maximum atomic E-state index is 12.8. The van der Waals surface area contributed by atoms with Crippen molar-refractivity contribution in [1.29, 1.82) is 0 Å². The van der Waals surface area contributed by atoms with Gasteiger partial charge < -0.3 is 5.21 Å². The first-order valence-corrected chi connectivity index (χ1v) is 7.17. The van der Waals surface area contributed by atoms with Crippen molar-refractivity contribution in [2.75, 3.05) is 0 Å². The van der Waals surface area contributed by atoms with E-state index in [9.17, 15) is 10.0 Å². The molecule has 0 radical (unpaired) electrons. The molecule has 0 saturated carbocycles. The van der Waals surface area contributed by atoms with Crippen LogP contribution in [0.1, 0.15) is 33.8 Å². The van der Waals surface area contributed by atoms with E-state index in [-0.39, 0.29) is 5.78 Å². The smallest absolute Gasteiger partial charge is 0.176 e. The molecule has 1 N–H and O–H groups in total. The van der Waals surface area contributed by atoms with E-state index in [1.54, 1.807) is 24.3 Å². The second kappa shape index (κ2) is 5.70. The van der Waals surface area contributed by atoms with E-state index in [0.29, 0.717) is 22.7 Å². The van der Waals surface area contributed by atoms with Crippen molar-refractivity contribution in [2.24, 2.45) is 5.16 Å². The van der Waals surface area contributed by atoms with Gasteiger partial charge in [0.15, 0.2) is 5.78 Å². The number of oxime groups is 1. The van der Waals surface area contributed by atoms with Crippen molar-refractivity contribution >= 4 is 23.1 Å². The van der Waals surface area contributed by atoms with Crippen LogP contribution in [-0.4, -0.2) is 16.7 Å². The minimum atomic E-state index is -0.529. The quantitative estimate of drug-likeness (QED) is 0.516. The predicted octanol–water partition coefficient (Wildman–Crippen LogP) is 4.08. The van der Waals surface area contributed by atoms with E-state index in [0.717, 1.165) is 17.5 Å². The van der Waals surface area contributed by atoms with Crippen molar-refractivity contribution < 1.29 is 10.0 Å². The van der Waals surface area contributed by atoms with Gasteiger partial charge in [0.2, 0.25) is 0 Å². The van der Waals surface area contributed by atoms with Gasteiger partial charge in [0.25, 0.3) is 0 Å². The average Bonchev–Trinajstić information content (AvgIpc) is 2.53. The molecule has 1 aliphatic carbocycles. The van der Waals surface area contributed by atoms with Gasteiger partial charge in [-0.05, 0) is 36.1 Å². The van der Waals surface area contributed by atoms with Crippen molar-refractivity contribution in [3.8, 4) is 0 Å². The van der Waals surface area contributed by atoms with Crippen LogP contribution in [0.15, 0.2) is 53.7 Å². The molecular weight excluding hydrogens is 286 g/mol. The number of benzene rings is 2. The normalized spacial score (nSPS) is 19.3. The molecule has 0 aromatic heterocycles. The first-order valence-electron chi connectivity index (χ1n) is 6.79. The van der Waals surface area contributed by atoms with E-state index < -0.39 is 5.92 Å². The van der Waals surface area contributed by atoms with Crippen LogP contribution in [0.25, 0.3) is 0 Å². The molecule has 0 fully saturated rings. The van der Waals surface area contributed by atoms with Crippen LogP contribution in [0.3, 0.4) is 0 Å². The number of halogens is 1. The number of hydrogen-bond acceptors (Lipinski definition) is 3. The van der Waals surface area contributed by atoms with Gasteiger partial charge in [-0.1, -0.05) is 53.2 Å². The third-order valence-corrected chi connectivity index (χ3v) is 4.08. The van der Waals surface area contributed by atoms with Crippen LogP contribution >= 0.6 is 11.6 Å². The molecule has 2 aromatic carbocycles. The number of ketones is 1. The zero-order valence-electron chi connectivity index (χ0n) is 11.3. The van der Waals surface area contributed by atoms with Gasteiger partial charge in [-0.25, -0.2) is 0 Å². The molecule has 2 aromatic rings. The number of nitrogens with zero attached hydrogens (tertiary/aromatic N) is 1. The number of aryl methyl sites for hydroxylation is 1. The van der Waals surface area contributed by atoms with Crippen LogP contribution < -0.4 is 0 Å². The fraction of sp³-hybridized carbons (Fsp3) is 0.176. The summed E-state index contributed by atoms with van der Waals surface area (Å²) in [5.74, 6) is -0.615. The van der Waals surface area contributed by atoms with Gasteiger partial charge in [-0.15, -0.1) is 0 Å². The Labute approximate surface area is 127 Å². The highest BCUT2D eigenvalue weighted by Crippen LogP contribution is 2.32. The Bertz CT molecular complexity index is 724. The number of carbonyl (C=O) groups excluding carboxylic acids is 1. The van der Waals surface area contributed by atoms with E-state index >= 15 is 0 Å². The summed E-state index contributed by atoms with van der Waals surface area (Å²) in [6, 6.07) is 14.7. The molecule has 0 saturated heterocycles. The molecule has 0 aliphatic heterocycles. The molecule has 1 atom stereocenters. The maximum absolute atomic E-state index is 12.8. The predicted molar refractivity (Wildman–Crippen MR) is 82.5 cm³/mol. The Morgan fingerprint density at radius 3 is 2.71 bits per heavy atom. The maximum Gasteiger partial charge on any atom is 0.176 e. The third kappa shape index (κ3) is 2.57. The van der Waals surface area contributed by atoms with Gasteiger partial charge >= 0.3 is 0 Å². The fourth-order valence-electron chi connectivity index (χ4n) is 2.84. The zero-order chi connectivity index (χ0) is 14.8. The summed E-state index contributed by atoms with van der Waals surface area (Å²) in [4.78, 5) is 12.8. The Morgan fingerprint density at radius 1 is 1.14 bits per heavy atom. The lowest BCUT2D eigenvalue weighted by molar-refractivity contribution is 0.0979. The Hall–Kier alpha value is -2.13. The van der Waals surface area contributed by atoms with Crippen LogP contribution in [0.2, 0.25) is 5.02 Å². The van der Waals surface area contributed by atoms with Crippen LogP contribution in [0.4, 0.5) is 0 Å². The van der Waals surface area contributed by atoms with Crippen molar-refractivity contribution in [2.45, 2.75) is 18.8 Å². The first-order chi connectivity index (χ1) is 10.2. The highest BCUT2D eigenvalue weighted by atomic mass is 35.5. The minimum Gasteiger partial charge on any atom is -0.411 e. The molecule has 21 heavy (non-hydrogen) atoms. The van der Waals surface area contributed by atoms with Crippen LogP contribution in [0, 0.1) is 0 Å². The van der Waals surface area contributed by atoms with Crippen LogP contribution in [0.5, 0.6) is 0 Å². The largest absolute Gasteiger partial charge is 0.411 e. The van der Waals surface area contributed by atoms with Crippen LogP contribution in [-0.2, 0) is 6.42 Å². The number of carbonyl (C=O) groups is 1. The zero-order valence-corrected chi connectivity index (χ0v) is 12.0. The summed E-state index contributed by atoms with van der Waals surface area (Å²) in [5.41, 5.74) is 3.09. The second-order valence-corrected chi connectivity index (χ2v) is 5.53. The van der Waals surface area contributed by atoms with Crippen molar-refractivity contribution in [1.82, 2.24) is 0 Å². The molecule has 3 nitrogen and oxygen atoms in total.